The molecule has 98 valence electrons. The molecule has 0 heterocycles. The largest absolute Gasteiger partial charge is 0.495 e. The summed E-state index contributed by atoms with van der Waals surface area (Å²) in [6.45, 7) is 0. The first kappa shape index (κ1) is 12.9. The molecule has 2 aliphatic rings. The molecule has 2 saturated carbocycles. The van der Waals surface area contributed by atoms with Gasteiger partial charge in [-0.1, -0.05) is 23.2 Å². The zero-order chi connectivity index (χ0) is 12.9. The molecule has 0 spiro atoms. The van der Waals surface area contributed by atoms with E-state index in [4.69, 9.17) is 39.5 Å². The zero-order valence-electron chi connectivity index (χ0n) is 10.1. The van der Waals surface area contributed by atoms with Crippen molar-refractivity contribution in [1.82, 2.24) is 0 Å². The maximum absolute atomic E-state index is 6.59. The van der Waals surface area contributed by atoms with Crippen LogP contribution in [0.5, 0.6) is 5.75 Å². The SMILES string of the molecule is COc1cc(Cl)c(C(Cl)C2CC3CC3C2)cc1Cl. The Kier molecular flexibility index (Phi) is 3.42. The number of hydrogen-bond donors (Lipinski definition) is 0. The first-order valence-corrected chi connectivity index (χ1v) is 7.46. The van der Waals surface area contributed by atoms with Crippen LogP contribution in [0.25, 0.3) is 0 Å². The number of halogens is 3. The Bertz CT molecular complexity index is 464. The molecule has 0 aromatic heterocycles. The maximum atomic E-state index is 6.59. The van der Waals surface area contributed by atoms with E-state index in [-0.39, 0.29) is 5.38 Å². The van der Waals surface area contributed by atoms with Crippen LogP contribution >= 0.6 is 34.8 Å². The number of fused-ring (bicyclic) bond motifs is 1. The molecule has 4 heteroatoms. The number of methoxy groups -OCH3 is 1. The summed E-state index contributed by atoms with van der Waals surface area (Å²) in [5, 5.41) is 1.19. The molecule has 18 heavy (non-hydrogen) atoms. The topological polar surface area (TPSA) is 9.23 Å². The summed E-state index contributed by atoms with van der Waals surface area (Å²) in [4.78, 5) is 0. The van der Waals surface area contributed by atoms with Gasteiger partial charge in [0.1, 0.15) is 5.75 Å². The molecule has 1 aromatic carbocycles. The van der Waals surface area contributed by atoms with E-state index in [1.54, 1.807) is 13.2 Å². The molecule has 1 nitrogen and oxygen atoms in total. The van der Waals surface area contributed by atoms with Gasteiger partial charge in [-0.2, -0.15) is 0 Å². The Labute approximate surface area is 122 Å². The Morgan fingerprint density at radius 1 is 1.11 bits per heavy atom. The van der Waals surface area contributed by atoms with Crippen molar-refractivity contribution in [3.63, 3.8) is 0 Å². The average Bonchev–Trinajstić information content (AvgIpc) is 2.97. The Morgan fingerprint density at radius 2 is 1.78 bits per heavy atom. The number of rotatable bonds is 3. The van der Waals surface area contributed by atoms with Gasteiger partial charge in [-0.3, -0.25) is 0 Å². The molecule has 0 amide bonds. The number of alkyl halides is 1. The highest BCUT2D eigenvalue weighted by Crippen LogP contribution is 2.58. The molecule has 1 aromatic rings. The Balaban J connectivity index is 1.84. The molecule has 0 aliphatic heterocycles. The van der Waals surface area contributed by atoms with Gasteiger partial charge in [0.2, 0.25) is 0 Å². The van der Waals surface area contributed by atoms with Crippen LogP contribution < -0.4 is 4.74 Å². The van der Waals surface area contributed by atoms with Gasteiger partial charge in [0.05, 0.1) is 17.5 Å². The molecule has 0 saturated heterocycles. The van der Waals surface area contributed by atoms with Crippen LogP contribution in [0.1, 0.15) is 30.2 Å². The molecule has 2 aliphatic carbocycles. The molecule has 3 rings (SSSR count). The van der Waals surface area contributed by atoms with Crippen LogP contribution in [0.15, 0.2) is 12.1 Å². The molecule has 0 bridgehead atoms. The zero-order valence-corrected chi connectivity index (χ0v) is 12.4. The van der Waals surface area contributed by atoms with Crippen molar-refractivity contribution < 1.29 is 4.74 Å². The standard InChI is InChI=1S/C14H15Cl3O/c1-18-13-6-11(15)10(5-12(13)16)14(17)9-3-7-2-8(7)4-9/h5-9,14H,2-4H2,1H3. The summed E-state index contributed by atoms with van der Waals surface area (Å²) in [5.41, 5.74) is 0.940. The third-order valence-corrected chi connectivity index (χ3v) is 5.48. The van der Waals surface area contributed by atoms with E-state index in [0.717, 1.165) is 17.4 Å². The number of hydrogen-bond acceptors (Lipinski definition) is 1. The number of benzene rings is 1. The van der Waals surface area contributed by atoms with Crippen molar-refractivity contribution in [1.29, 1.82) is 0 Å². The van der Waals surface area contributed by atoms with Gasteiger partial charge < -0.3 is 4.74 Å². The first-order valence-electron chi connectivity index (χ1n) is 6.27. The van der Waals surface area contributed by atoms with Crippen molar-refractivity contribution in [3.8, 4) is 5.75 Å². The van der Waals surface area contributed by atoms with Gasteiger partial charge in [0.15, 0.2) is 0 Å². The van der Waals surface area contributed by atoms with Crippen molar-refractivity contribution >= 4 is 34.8 Å². The fourth-order valence-corrected chi connectivity index (χ4v) is 4.13. The second-order valence-corrected chi connectivity index (χ2v) is 6.68. The lowest BCUT2D eigenvalue weighted by Crippen LogP contribution is -2.07. The predicted molar refractivity (Wildman–Crippen MR) is 75.9 cm³/mol. The highest BCUT2D eigenvalue weighted by atomic mass is 35.5. The molecule has 2 fully saturated rings. The molecule has 0 radical (unpaired) electrons. The lowest BCUT2D eigenvalue weighted by molar-refractivity contribution is 0.414. The van der Waals surface area contributed by atoms with E-state index in [0.29, 0.717) is 21.7 Å². The van der Waals surface area contributed by atoms with E-state index in [1.165, 1.54) is 19.3 Å². The van der Waals surface area contributed by atoms with Crippen LogP contribution in [0.4, 0.5) is 0 Å². The molecular formula is C14H15Cl3O. The van der Waals surface area contributed by atoms with Gasteiger partial charge in [-0.05, 0) is 48.6 Å². The van der Waals surface area contributed by atoms with Crippen molar-refractivity contribution in [2.75, 3.05) is 7.11 Å². The van der Waals surface area contributed by atoms with Crippen molar-refractivity contribution in [3.05, 3.63) is 27.7 Å². The van der Waals surface area contributed by atoms with Crippen LogP contribution in [0, 0.1) is 17.8 Å². The fourth-order valence-electron chi connectivity index (χ4n) is 3.17. The van der Waals surface area contributed by atoms with Crippen molar-refractivity contribution in [2.45, 2.75) is 24.6 Å². The fraction of sp³-hybridized carbons (Fsp3) is 0.571. The van der Waals surface area contributed by atoms with Gasteiger partial charge in [-0.15, -0.1) is 11.6 Å². The highest BCUT2D eigenvalue weighted by molar-refractivity contribution is 6.35. The quantitative estimate of drug-likeness (QED) is 0.686. The summed E-state index contributed by atoms with van der Waals surface area (Å²) >= 11 is 19.0. The second kappa shape index (κ2) is 4.77. The van der Waals surface area contributed by atoms with Gasteiger partial charge >= 0.3 is 0 Å². The van der Waals surface area contributed by atoms with Gasteiger partial charge in [0, 0.05) is 11.1 Å². The third kappa shape index (κ3) is 2.21. The minimum absolute atomic E-state index is 0.0336. The maximum Gasteiger partial charge on any atom is 0.138 e. The van der Waals surface area contributed by atoms with E-state index in [1.807, 2.05) is 6.07 Å². The molecular weight excluding hydrogens is 291 g/mol. The van der Waals surface area contributed by atoms with Crippen LogP contribution in [-0.4, -0.2) is 7.11 Å². The van der Waals surface area contributed by atoms with Gasteiger partial charge in [-0.25, -0.2) is 0 Å². The monoisotopic (exact) mass is 304 g/mol. The summed E-state index contributed by atoms with van der Waals surface area (Å²) in [7, 11) is 1.58. The van der Waals surface area contributed by atoms with Gasteiger partial charge in [0.25, 0.3) is 0 Å². The lowest BCUT2D eigenvalue weighted by Gasteiger charge is -2.21. The molecule has 3 unspecified atom stereocenters. The molecule has 3 atom stereocenters. The Hall–Kier alpha value is -0.110. The minimum Gasteiger partial charge on any atom is -0.495 e. The normalized spacial score (nSPS) is 31.0. The van der Waals surface area contributed by atoms with Crippen molar-refractivity contribution in [2.24, 2.45) is 17.8 Å². The summed E-state index contributed by atoms with van der Waals surface area (Å²) in [5.74, 6) is 2.98. The lowest BCUT2D eigenvalue weighted by atomic mass is 9.94. The minimum atomic E-state index is -0.0336. The third-order valence-electron chi connectivity index (χ3n) is 4.26. The summed E-state index contributed by atoms with van der Waals surface area (Å²) in [6, 6.07) is 3.61. The summed E-state index contributed by atoms with van der Waals surface area (Å²) < 4.78 is 5.15. The average molecular weight is 306 g/mol. The first-order chi connectivity index (χ1) is 8.60. The predicted octanol–water partition coefficient (Wildman–Crippen LogP) is 5.33. The van der Waals surface area contributed by atoms with E-state index in [9.17, 15) is 0 Å². The smallest absolute Gasteiger partial charge is 0.138 e. The van der Waals surface area contributed by atoms with E-state index < -0.39 is 0 Å². The number of ether oxygens (including phenoxy) is 1. The second-order valence-electron chi connectivity index (χ2n) is 5.40. The highest BCUT2D eigenvalue weighted by Gasteiger charge is 2.48. The summed E-state index contributed by atoms with van der Waals surface area (Å²) in [6.07, 6.45) is 3.87. The van der Waals surface area contributed by atoms with Crippen LogP contribution in [0.2, 0.25) is 10.0 Å². The Morgan fingerprint density at radius 3 is 2.39 bits per heavy atom. The van der Waals surface area contributed by atoms with Crippen LogP contribution in [0.3, 0.4) is 0 Å². The van der Waals surface area contributed by atoms with E-state index in [2.05, 4.69) is 0 Å². The van der Waals surface area contributed by atoms with Crippen LogP contribution in [-0.2, 0) is 0 Å². The molecule has 0 N–H and O–H groups in total. The van der Waals surface area contributed by atoms with E-state index >= 15 is 0 Å².